The first kappa shape index (κ1) is 12.7. The molecule has 19 heavy (non-hydrogen) atoms. The molecule has 0 aliphatic carbocycles. The molecule has 1 aromatic carbocycles. The van der Waals surface area contributed by atoms with E-state index in [2.05, 4.69) is 10.3 Å². The lowest BCUT2D eigenvalue weighted by Crippen LogP contribution is -1.93. The highest BCUT2D eigenvalue weighted by Crippen LogP contribution is 2.27. The van der Waals surface area contributed by atoms with Crippen LogP contribution in [0.5, 0.6) is 17.4 Å². The highest BCUT2D eigenvalue weighted by atomic mass is 16.5. The molecule has 0 amide bonds. The van der Waals surface area contributed by atoms with E-state index in [-0.39, 0.29) is 0 Å². The topological polar surface area (TPSA) is 67.2 Å². The monoisotopic (exact) mass is 255 g/mol. The summed E-state index contributed by atoms with van der Waals surface area (Å²) in [5.41, 5.74) is 1.37. The number of pyridine rings is 1. The quantitative estimate of drug-likeness (QED) is 0.909. The zero-order chi connectivity index (χ0) is 13.7. The Labute approximate surface area is 111 Å². The van der Waals surface area contributed by atoms with Crippen LogP contribution in [0.2, 0.25) is 0 Å². The van der Waals surface area contributed by atoms with Gasteiger partial charge < -0.3 is 14.8 Å². The normalized spacial score (nSPS) is 9.53. The summed E-state index contributed by atoms with van der Waals surface area (Å²) in [7, 11) is 3.34. The molecule has 0 saturated carbocycles. The van der Waals surface area contributed by atoms with Crippen LogP contribution in [0.3, 0.4) is 0 Å². The van der Waals surface area contributed by atoms with E-state index >= 15 is 0 Å². The molecule has 5 nitrogen and oxygen atoms in total. The van der Waals surface area contributed by atoms with Crippen molar-refractivity contribution in [3.63, 3.8) is 0 Å². The minimum atomic E-state index is 0.466. The predicted molar refractivity (Wildman–Crippen MR) is 71.6 cm³/mol. The van der Waals surface area contributed by atoms with Crippen LogP contribution in [-0.2, 0) is 0 Å². The first-order chi connectivity index (χ1) is 9.26. The largest absolute Gasteiger partial charge is 0.495 e. The van der Waals surface area contributed by atoms with Crippen molar-refractivity contribution in [2.24, 2.45) is 0 Å². The Bertz CT molecular complexity index is 603. The molecule has 1 heterocycles. The minimum Gasteiger partial charge on any atom is -0.495 e. The van der Waals surface area contributed by atoms with E-state index in [4.69, 9.17) is 14.7 Å². The first-order valence-electron chi connectivity index (χ1n) is 5.66. The van der Waals surface area contributed by atoms with Gasteiger partial charge >= 0.3 is 0 Å². The van der Waals surface area contributed by atoms with Crippen LogP contribution in [0.4, 0.5) is 5.69 Å². The van der Waals surface area contributed by atoms with Crippen LogP contribution in [-0.4, -0.2) is 19.1 Å². The Hall–Kier alpha value is -2.74. The number of hydrogen-bond acceptors (Lipinski definition) is 5. The molecule has 0 unspecified atom stereocenters. The van der Waals surface area contributed by atoms with Crippen LogP contribution in [0, 0.1) is 11.3 Å². The zero-order valence-electron chi connectivity index (χ0n) is 10.7. The molecule has 96 valence electrons. The molecular weight excluding hydrogens is 242 g/mol. The second-order valence-electron chi connectivity index (χ2n) is 3.71. The highest BCUT2D eigenvalue weighted by molar-refractivity contribution is 5.48. The van der Waals surface area contributed by atoms with Gasteiger partial charge in [0, 0.05) is 19.2 Å². The molecule has 0 atom stereocenters. The predicted octanol–water partition coefficient (Wildman–Crippen LogP) is 2.80. The number of methoxy groups -OCH3 is 1. The molecule has 5 heteroatoms. The summed E-state index contributed by atoms with van der Waals surface area (Å²) in [6, 6.07) is 10.7. The Balaban J connectivity index is 2.21. The van der Waals surface area contributed by atoms with Crippen LogP contribution >= 0.6 is 0 Å². The van der Waals surface area contributed by atoms with E-state index in [1.807, 2.05) is 19.2 Å². The number of nitrogens with one attached hydrogen (secondary N) is 1. The maximum Gasteiger partial charge on any atom is 0.219 e. The summed E-state index contributed by atoms with van der Waals surface area (Å²) in [5, 5.41) is 11.9. The third-order valence-electron chi connectivity index (χ3n) is 2.54. The fourth-order valence-corrected chi connectivity index (χ4v) is 1.54. The molecule has 1 aromatic heterocycles. The number of benzene rings is 1. The van der Waals surface area contributed by atoms with Gasteiger partial charge in [0.2, 0.25) is 5.88 Å². The number of rotatable bonds is 4. The van der Waals surface area contributed by atoms with Gasteiger partial charge in [0.15, 0.2) is 0 Å². The van der Waals surface area contributed by atoms with Crippen LogP contribution in [0.15, 0.2) is 36.5 Å². The smallest absolute Gasteiger partial charge is 0.219 e. The van der Waals surface area contributed by atoms with Crippen LogP contribution in [0.1, 0.15) is 5.56 Å². The summed E-state index contributed by atoms with van der Waals surface area (Å²) in [5.74, 6) is 1.53. The lowest BCUT2D eigenvalue weighted by atomic mass is 10.2. The summed E-state index contributed by atoms with van der Waals surface area (Å²) in [6.45, 7) is 0. The summed E-state index contributed by atoms with van der Waals surface area (Å²) in [4.78, 5) is 4.15. The number of hydrogen-bond donors (Lipinski definition) is 1. The Morgan fingerprint density at radius 3 is 2.68 bits per heavy atom. The molecule has 0 aliphatic rings. The van der Waals surface area contributed by atoms with Crippen LogP contribution < -0.4 is 14.8 Å². The number of aromatic nitrogens is 1. The molecule has 0 bridgehead atoms. The van der Waals surface area contributed by atoms with E-state index in [1.54, 1.807) is 30.5 Å². The molecule has 0 fully saturated rings. The van der Waals surface area contributed by atoms with Gasteiger partial charge in [0.05, 0.1) is 24.6 Å². The van der Waals surface area contributed by atoms with E-state index in [0.717, 1.165) is 5.69 Å². The van der Waals surface area contributed by atoms with Gasteiger partial charge in [-0.3, -0.25) is 0 Å². The molecule has 0 aliphatic heterocycles. The van der Waals surface area contributed by atoms with Gasteiger partial charge in [-0.15, -0.1) is 0 Å². The molecule has 2 aromatic rings. The third-order valence-corrected chi connectivity index (χ3v) is 2.54. The van der Waals surface area contributed by atoms with Crippen molar-refractivity contribution < 1.29 is 9.47 Å². The van der Waals surface area contributed by atoms with Crippen molar-refractivity contribution >= 4 is 5.69 Å². The highest BCUT2D eigenvalue weighted by Gasteiger charge is 2.05. The number of ether oxygens (including phenoxy) is 2. The fourth-order valence-electron chi connectivity index (χ4n) is 1.54. The lowest BCUT2D eigenvalue weighted by Gasteiger charge is -2.08. The third kappa shape index (κ3) is 2.93. The van der Waals surface area contributed by atoms with Gasteiger partial charge in [-0.2, -0.15) is 5.26 Å². The van der Waals surface area contributed by atoms with E-state index in [1.165, 1.54) is 7.11 Å². The van der Waals surface area contributed by atoms with E-state index in [9.17, 15) is 0 Å². The Morgan fingerprint density at radius 1 is 1.26 bits per heavy atom. The zero-order valence-corrected chi connectivity index (χ0v) is 10.7. The van der Waals surface area contributed by atoms with Gasteiger partial charge in [-0.25, -0.2) is 4.98 Å². The van der Waals surface area contributed by atoms with E-state index < -0.39 is 0 Å². The first-order valence-corrected chi connectivity index (χ1v) is 5.66. The molecule has 0 radical (unpaired) electrons. The molecular formula is C14H13N3O2. The maximum atomic E-state index is 8.90. The van der Waals surface area contributed by atoms with Gasteiger partial charge in [0.25, 0.3) is 0 Å². The van der Waals surface area contributed by atoms with Crippen LogP contribution in [0.25, 0.3) is 0 Å². The van der Waals surface area contributed by atoms with Crippen molar-refractivity contribution in [1.29, 1.82) is 5.26 Å². The fraction of sp³-hybridized carbons (Fsp3) is 0.143. The number of nitrogens with zero attached hydrogens (tertiary/aromatic N) is 2. The Kier molecular flexibility index (Phi) is 3.84. The van der Waals surface area contributed by atoms with Gasteiger partial charge in [-0.1, -0.05) is 0 Å². The number of anilines is 1. The van der Waals surface area contributed by atoms with Crippen molar-refractivity contribution in [3.8, 4) is 23.4 Å². The number of nitriles is 1. The summed E-state index contributed by atoms with van der Waals surface area (Å²) >= 11 is 0. The standard InChI is InChI=1S/C14H13N3O2/c1-16-11-4-6-14(17-9-11)19-12-5-3-10(8-15)13(7-12)18-2/h3-7,9,16H,1-2H3. The van der Waals surface area contributed by atoms with Crippen molar-refractivity contribution in [2.45, 2.75) is 0 Å². The van der Waals surface area contributed by atoms with Crippen molar-refractivity contribution in [1.82, 2.24) is 4.98 Å². The average molecular weight is 255 g/mol. The van der Waals surface area contributed by atoms with Gasteiger partial charge in [-0.05, 0) is 18.2 Å². The van der Waals surface area contributed by atoms with Crippen molar-refractivity contribution in [3.05, 3.63) is 42.1 Å². The molecule has 1 N–H and O–H groups in total. The minimum absolute atomic E-state index is 0.466. The second kappa shape index (κ2) is 5.74. The molecule has 0 spiro atoms. The maximum absolute atomic E-state index is 8.90. The van der Waals surface area contributed by atoms with E-state index in [0.29, 0.717) is 22.9 Å². The summed E-state index contributed by atoms with van der Waals surface area (Å²) in [6.07, 6.45) is 1.68. The lowest BCUT2D eigenvalue weighted by molar-refractivity contribution is 0.406. The molecule has 0 saturated heterocycles. The summed E-state index contributed by atoms with van der Waals surface area (Å²) < 4.78 is 10.7. The average Bonchev–Trinajstić information content (AvgIpc) is 2.48. The Morgan fingerprint density at radius 2 is 2.11 bits per heavy atom. The molecule has 2 rings (SSSR count). The van der Waals surface area contributed by atoms with Crippen molar-refractivity contribution in [2.75, 3.05) is 19.5 Å². The van der Waals surface area contributed by atoms with Gasteiger partial charge in [0.1, 0.15) is 17.6 Å². The SMILES string of the molecule is CNc1ccc(Oc2ccc(C#N)c(OC)c2)nc1. The second-order valence-corrected chi connectivity index (χ2v) is 3.71.